The zero-order valence-electron chi connectivity index (χ0n) is 8.45. The quantitative estimate of drug-likeness (QED) is 0.890. The van der Waals surface area contributed by atoms with Crippen LogP contribution in [0.3, 0.4) is 0 Å². The molecule has 1 heterocycles. The third-order valence-electron chi connectivity index (χ3n) is 1.93. The molecular weight excluding hydrogens is 282 g/mol. The van der Waals surface area contributed by atoms with Crippen molar-refractivity contribution in [3.05, 3.63) is 45.5 Å². The molecule has 1 aromatic heterocycles. The van der Waals surface area contributed by atoms with Crippen LogP contribution in [0.15, 0.2) is 30.5 Å². The van der Waals surface area contributed by atoms with E-state index in [2.05, 4.69) is 4.98 Å². The predicted octanol–water partition coefficient (Wildman–Crippen LogP) is 4.42. The van der Waals surface area contributed by atoms with Gasteiger partial charge in [-0.25, -0.2) is 4.98 Å². The Morgan fingerprint density at radius 2 is 1.82 bits per heavy atom. The van der Waals surface area contributed by atoms with Crippen LogP contribution in [0.2, 0.25) is 15.1 Å². The summed E-state index contributed by atoms with van der Waals surface area (Å²) < 4.78 is 5.46. The van der Waals surface area contributed by atoms with Crippen molar-refractivity contribution >= 4 is 40.5 Å². The Labute approximate surface area is 113 Å². The van der Waals surface area contributed by atoms with Gasteiger partial charge in [0.15, 0.2) is 0 Å². The molecule has 1 aromatic carbocycles. The molecule has 0 amide bonds. The molecule has 0 aliphatic heterocycles. The smallest absolute Gasteiger partial charge is 0.238 e. The summed E-state index contributed by atoms with van der Waals surface area (Å²) in [6.45, 7) is 0. The topological polar surface area (TPSA) is 48.1 Å². The fraction of sp³-hybridized carbons (Fsp3) is 0. The molecule has 0 atom stereocenters. The van der Waals surface area contributed by atoms with Crippen molar-refractivity contribution in [3.63, 3.8) is 0 Å². The third kappa shape index (κ3) is 2.94. The molecule has 2 N–H and O–H groups in total. The lowest BCUT2D eigenvalue weighted by Crippen LogP contribution is -1.92. The van der Waals surface area contributed by atoms with Gasteiger partial charge in [-0.1, -0.05) is 34.8 Å². The van der Waals surface area contributed by atoms with Crippen molar-refractivity contribution in [1.82, 2.24) is 4.98 Å². The second kappa shape index (κ2) is 5.00. The van der Waals surface area contributed by atoms with E-state index in [9.17, 15) is 0 Å². The number of aromatic nitrogens is 1. The summed E-state index contributed by atoms with van der Waals surface area (Å²) in [5, 5.41) is 1.22. The molecule has 0 spiro atoms. The summed E-state index contributed by atoms with van der Waals surface area (Å²) in [5.74, 6) is 0.667. The summed E-state index contributed by atoms with van der Waals surface area (Å²) in [6, 6.07) is 6.42. The second-order valence-corrected chi connectivity index (χ2v) is 4.48. The summed E-state index contributed by atoms with van der Waals surface area (Å²) in [5.41, 5.74) is 5.99. The first-order chi connectivity index (χ1) is 8.06. The lowest BCUT2D eigenvalue weighted by atomic mass is 10.3. The van der Waals surface area contributed by atoms with Gasteiger partial charge < -0.3 is 10.5 Å². The molecule has 2 rings (SSSR count). The first-order valence-corrected chi connectivity index (χ1v) is 5.73. The van der Waals surface area contributed by atoms with Gasteiger partial charge in [-0.3, -0.25) is 0 Å². The number of ether oxygens (including phenoxy) is 1. The molecule has 0 saturated carbocycles. The molecule has 0 fully saturated rings. The highest BCUT2D eigenvalue weighted by Gasteiger charge is 2.08. The average Bonchev–Trinajstić information content (AvgIpc) is 2.25. The molecule has 0 unspecified atom stereocenters. The van der Waals surface area contributed by atoms with Crippen LogP contribution in [0.4, 0.5) is 5.69 Å². The lowest BCUT2D eigenvalue weighted by Gasteiger charge is -2.08. The van der Waals surface area contributed by atoms with E-state index in [0.717, 1.165) is 0 Å². The van der Waals surface area contributed by atoms with Gasteiger partial charge >= 0.3 is 0 Å². The highest BCUT2D eigenvalue weighted by molar-refractivity contribution is 6.35. The van der Waals surface area contributed by atoms with E-state index in [-0.39, 0.29) is 5.88 Å². The van der Waals surface area contributed by atoms with Crippen molar-refractivity contribution in [1.29, 1.82) is 0 Å². The number of hydrogen-bond donors (Lipinski definition) is 1. The standard InChI is InChI=1S/C11H7Cl3N2O/c12-6-1-2-10(8(13)3-6)17-11-9(14)4-7(15)5-16-11/h1-5H,15H2. The first kappa shape index (κ1) is 12.3. The zero-order valence-corrected chi connectivity index (χ0v) is 10.7. The largest absolute Gasteiger partial charge is 0.436 e. The monoisotopic (exact) mass is 288 g/mol. The van der Waals surface area contributed by atoms with Gasteiger partial charge in [-0.15, -0.1) is 0 Å². The van der Waals surface area contributed by atoms with Gasteiger partial charge in [0, 0.05) is 5.02 Å². The number of hydrogen-bond acceptors (Lipinski definition) is 3. The van der Waals surface area contributed by atoms with Crippen LogP contribution in [-0.4, -0.2) is 4.98 Å². The fourth-order valence-corrected chi connectivity index (χ4v) is 1.84. The molecule has 88 valence electrons. The number of halogens is 3. The van der Waals surface area contributed by atoms with Crippen molar-refractivity contribution in [2.45, 2.75) is 0 Å². The molecule has 0 aliphatic rings. The van der Waals surface area contributed by atoms with Crippen LogP contribution in [0.5, 0.6) is 11.6 Å². The van der Waals surface area contributed by atoms with E-state index in [1.165, 1.54) is 6.20 Å². The number of nitrogens with two attached hydrogens (primary N) is 1. The molecular formula is C11H7Cl3N2O. The van der Waals surface area contributed by atoms with Gasteiger partial charge in [0.05, 0.1) is 16.9 Å². The molecule has 2 aromatic rings. The summed E-state index contributed by atoms with van der Waals surface area (Å²) in [7, 11) is 0. The van der Waals surface area contributed by atoms with Crippen molar-refractivity contribution < 1.29 is 4.74 Å². The Morgan fingerprint density at radius 1 is 1.06 bits per heavy atom. The number of pyridine rings is 1. The number of nitrogens with zero attached hydrogens (tertiary/aromatic N) is 1. The number of nitrogen functional groups attached to an aromatic ring is 1. The molecule has 0 radical (unpaired) electrons. The van der Waals surface area contributed by atoms with Crippen molar-refractivity contribution in [3.8, 4) is 11.6 Å². The van der Waals surface area contributed by atoms with Crippen LogP contribution in [0.1, 0.15) is 0 Å². The third-order valence-corrected chi connectivity index (χ3v) is 2.73. The molecule has 0 saturated heterocycles. The Hall–Kier alpha value is -1.16. The van der Waals surface area contributed by atoms with Gasteiger partial charge in [0.1, 0.15) is 10.8 Å². The van der Waals surface area contributed by atoms with Crippen molar-refractivity contribution in [2.24, 2.45) is 0 Å². The van der Waals surface area contributed by atoms with E-state index in [0.29, 0.717) is 26.5 Å². The Kier molecular flexibility index (Phi) is 3.62. The van der Waals surface area contributed by atoms with E-state index in [1.54, 1.807) is 24.3 Å². The molecule has 6 heteroatoms. The summed E-state index contributed by atoms with van der Waals surface area (Å²) in [6.07, 6.45) is 1.45. The highest BCUT2D eigenvalue weighted by atomic mass is 35.5. The van der Waals surface area contributed by atoms with Crippen LogP contribution in [0, 0.1) is 0 Å². The Balaban J connectivity index is 2.31. The summed E-state index contributed by atoms with van der Waals surface area (Å²) >= 11 is 17.7. The number of anilines is 1. The maximum absolute atomic E-state index is 5.96. The average molecular weight is 290 g/mol. The Bertz CT molecular complexity index is 511. The number of benzene rings is 1. The molecule has 17 heavy (non-hydrogen) atoms. The van der Waals surface area contributed by atoms with E-state index in [4.69, 9.17) is 45.3 Å². The second-order valence-electron chi connectivity index (χ2n) is 3.23. The van der Waals surface area contributed by atoms with E-state index < -0.39 is 0 Å². The van der Waals surface area contributed by atoms with Crippen LogP contribution in [-0.2, 0) is 0 Å². The van der Waals surface area contributed by atoms with Crippen LogP contribution < -0.4 is 10.5 Å². The van der Waals surface area contributed by atoms with Gasteiger partial charge in [0.2, 0.25) is 5.88 Å². The maximum Gasteiger partial charge on any atom is 0.238 e. The minimum atomic E-state index is 0.241. The fourth-order valence-electron chi connectivity index (χ4n) is 1.18. The van der Waals surface area contributed by atoms with E-state index >= 15 is 0 Å². The first-order valence-electron chi connectivity index (χ1n) is 4.60. The predicted molar refractivity (Wildman–Crippen MR) is 70.2 cm³/mol. The highest BCUT2D eigenvalue weighted by Crippen LogP contribution is 2.33. The van der Waals surface area contributed by atoms with Crippen molar-refractivity contribution in [2.75, 3.05) is 5.73 Å². The number of rotatable bonds is 2. The molecule has 0 bridgehead atoms. The van der Waals surface area contributed by atoms with Gasteiger partial charge in [-0.2, -0.15) is 0 Å². The van der Waals surface area contributed by atoms with Crippen LogP contribution >= 0.6 is 34.8 Å². The van der Waals surface area contributed by atoms with Gasteiger partial charge in [0.25, 0.3) is 0 Å². The SMILES string of the molecule is Nc1cnc(Oc2ccc(Cl)cc2Cl)c(Cl)c1. The van der Waals surface area contributed by atoms with E-state index in [1.807, 2.05) is 0 Å². The maximum atomic E-state index is 5.96. The summed E-state index contributed by atoms with van der Waals surface area (Å²) in [4.78, 5) is 3.97. The van der Waals surface area contributed by atoms with Crippen LogP contribution in [0.25, 0.3) is 0 Å². The zero-order chi connectivity index (χ0) is 12.4. The lowest BCUT2D eigenvalue weighted by molar-refractivity contribution is 0.463. The minimum Gasteiger partial charge on any atom is -0.436 e. The Morgan fingerprint density at radius 3 is 2.47 bits per heavy atom. The van der Waals surface area contributed by atoms with Gasteiger partial charge in [-0.05, 0) is 24.3 Å². The molecule has 3 nitrogen and oxygen atoms in total. The minimum absolute atomic E-state index is 0.241. The molecule has 0 aliphatic carbocycles. The normalized spacial score (nSPS) is 10.3.